The second-order valence-corrected chi connectivity index (χ2v) is 8.44. The molecule has 1 aliphatic heterocycles. The van der Waals surface area contributed by atoms with Gasteiger partial charge in [-0.15, -0.1) is 0 Å². The van der Waals surface area contributed by atoms with E-state index in [0.717, 1.165) is 16.7 Å². The number of nitrogens with one attached hydrogen (secondary N) is 1. The van der Waals surface area contributed by atoms with Crippen molar-refractivity contribution in [2.75, 3.05) is 6.61 Å². The van der Waals surface area contributed by atoms with Crippen LogP contribution >= 0.6 is 0 Å². The van der Waals surface area contributed by atoms with Crippen LogP contribution in [-0.4, -0.2) is 52.6 Å². The van der Waals surface area contributed by atoms with Gasteiger partial charge < -0.3 is 19.9 Å². The molecular weight excluding hydrogens is 452 g/mol. The zero-order valence-corrected chi connectivity index (χ0v) is 19.8. The van der Waals surface area contributed by atoms with Crippen molar-refractivity contribution in [2.45, 2.75) is 51.9 Å². The Kier molecular flexibility index (Phi) is 8.83. The van der Waals surface area contributed by atoms with Gasteiger partial charge in [-0.1, -0.05) is 61.5 Å². The number of nitrogens with zero attached hydrogens (tertiary/aromatic N) is 1. The first-order chi connectivity index (χ1) is 16.8. The minimum Gasteiger partial charge on any atom is -0.480 e. The smallest absolute Gasteiger partial charge is 0.411 e. The van der Waals surface area contributed by atoms with Crippen molar-refractivity contribution in [2.24, 2.45) is 5.92 Å². The first-order valence-electron chi connectivity index (χ1n) is 11.5. The molecular formula is C26H30N2O7. The Hall–Kier alpha value is -3.88. The largest absolute Gasteiger partial charge is 0.480 e. The van der Waals surface area contributed by atoms with Gasteiger partial charge in [-0.05, 0) is 30.0 Å². The summed E-state index contributed by atoms with van der Waals surface area (Å²) in [6.45, 7) is 3.58. The zero-order chi connectivity index (χ0) is 25.4. The van der Waals surface area contributed by atoms with Crippen LogP contribution in [0.2, 0.25) is 0 Å². The molecule has 2 aromatic carbocycles. The van der Waals surface area contributed by atoms with Gasteiger partial charge in [0.15, 0.2) is 0 Å². The standard InChI is InChI=1S/C26H30N2O7/c1-3-34-25(32)17(2)13-21(24(30)31)27-23(29)22-14-19-11-7-8-12-20(19)15-28(22)26(33)35-16-18-9-5-4-6-10-18/h4-12,17,21-22H,3,13-16H2,1-2H3,(H,27,29)(H,30,31)/t17-,21-,22-/m0/s1. The maximum atomic E-state index is 13.2. The van der Waals surface area contributed by atoms with E-state index in [9.17, 15) is 24.3 Å². The number of benzene rings is 2. The zero-order valence-electron chi connectivity index (χ0n) is 19.8. The maximum absolute atomic E-state index is 13.2. The molecule has 35 heavy (non-hydrogen) atoms. The Labute approximate surface area is 204 Å². The van der Waals surface area contributed by atoms with Crippen molar-refractivity contribution in [1.29, 1.82) is 0 Å². The summed E-state index contributed by atoms with van der Waals surface area (Å²) in [7, 11) is 0. The normalized spacial score (nSPS) is 16.4. The number of carbonyl (C=O) groups is 4. The Morgan fingerprint density at radius 2 is 1.69 bits per heavy atom. The summed E-state index contributed by atoms with van der Waals surface area (Å²) in [4.78, 5) is 51.4. The molecule has 3 atom stereocenters. The molecule has 1 aliphatic rings. The number of rotatable bonds is 9. The van der Waals surface area contributed by atoms with Crippen LogP contribution in [0.4, 0.5) is 4.79 Å². The van der Waals surface area contributed by atoms with Gasteiger partial charge in [0.25, 0.3) is 0 Å². The van der Waals surface area contributed by atoms with Crippen LogP contribution in [0.3, 0.4) is 0 Å². The van der Waals surface area contributed by atoms with E-state index in [2.05, 4.69) is 5.32 Å². The van der Waals surface area contributed by atoms with Gasteiger partial charge in [-0.2, -0.15) is 0 Å². The molecule has 0 unspecified atom stereocenters. The number of carbonyl (C=O) groups excluding carboxylic acids is 3. The number of hydrogen-bond acceptors (Lipinski definition) is 6. The minimum atomic E-state index is -1.32. The predicted molar refractivity (Wildman–Crippen MR) is 126 cm³/mol. The van der Waals surface area contributed by atoms with Gasteiger partial charge in [0.05, 0.1) is 19.1 Å². The highest BCUT2D eigenvalue weighted by atomic mass is 16.6. The van der Waals surface area contributed by atoms with Gasteiger partial charge >= 0.3 is 18.0 Å². The quantitative estimate of drug-likeness (QED) is 0.527. The number of esters is 1. The molecule has 0 spiro atoms. The highest BCUT2D eigenvalue weighted by Gasteiger charge is 2.37. The van der Waals surface area contributed by atoms with Crippen LogP contribution in [0.15, 0.2) is 54.6 Å². The van der Waals surface area contributed by atoms with E-state index in [-0.39, 0.29) is 32.6 Å². The average molecular weight is 483 g/mol. The molecule has 2 amide bonds. The molecule has 3 rings (SSSR count). The summed E-state index contributed by atoms with van der Waals surface area (Å²) in [6.07, 6.45) is -0.598. The molecule has 0 bridgehead atoms. The first-order valence-corrected chi connectivity index (χ1v) is 11.5. The molecule has 186 valence electrons. The SMILES string of the molecule is CCOC(=O)[C@@H](C)C[C@H](NC(=O)[C@@H]1Cc2ccccc2CN1C(=O)OCc1ccccc1)C(=O)O. The molecule has 0 aromatic heterocycles. The van der Waals surface area contributed by atoms with E-state index < -0.39 is 41.9 Å². The van der Waals surface area contributed by atoms with Crippen molar-refractivity contribution >= 4 is 23.9 Å². The molecule has 0 fully saturated rings. The molecule has 2 N–H and O–H groups in total. The van der Waals surface area contributed by atoms with Crippen molar-refractivity contribution in [1.82, 2.24) is 10.2 Å². The lowest BCUT2D eigenvalue weighted by Crippen LogP contribution is -2.55. The first kappa shape index (κ1) is 25.7. The van der Waals surface area contributed by atoms with E-state index in [0.29, 0.717) is 0 Å². The van der Waals surface area contributed by atoms with E-state index in [1.807, 2.05) is 54.6 Å². The molecule has 9 heteroatoms. The van der Waals surface area contributed by atoms with Crippen molar-refractivity contribution in [3.05, 3.63) is 71.3 Å². The Morgan fingerprint density at radius 3 is 2.34 bits per heavy atom. The second kappa shape index (κ2) is 12.0. The van der Waals surface area contributed by atoms with Crippen molar-refractivity contribution < 1.29 is 33.8 Å². The third-order valence-corrected chi connectivity index (χ3v) is 5.88. The lowest BCUT2D eigenvalue weighted by atomic mass is 9.93. The highest BCUT2D eigenvalue weighted by Crippen LogP contribution is 2.25. The summed E-state index contributed by atoms with van der Waals surface area (Å²) < 4.78 is 10.4. The highest BCUT2D eigenvalue weighted by molar-refractivity contribution is 5.90. The summed E-state index contributed by atoms with van der Waals surface area (Å²) in [5.41, 5.74) is 2.59. The number of carboxylic acid groups (broad SMARTS) is 1. The monoisotopic (exact) mass is 482 g/mol. The summed E-state index contributed by atoms with van der Waals surface area (Å²) in [5.74, 6) is -3.16. The topological polar surface area (TPSA) is 122 Å². The molecule has 9 nitrogen and oxygen atoms in total. The molecule has 0 saturated heterocycles. The van der Waals surface area contributed by atoms with E-state index in [1.165, 1.54) is 4.90 Å². The van der Waals surface area contributed by atoms with Crippen LogP contribution in [0.25, 0.3) is 0 Å². The molecule has 1 heterocycles. The van der Waals surface area contributed by atoms with Crippen LogP contribution in [-0.2, 0) is 43.4 Å². The van der Waals surface area contributed by atoms with Crippen molar-refractivity contribution in [3.8, 4) is 0 Å². The van der Waals surface area contributed by atoms with Gasteiger partial charge in [0.1, 0.15) is 18.7 Å². The lowest BCUT2D eigenvalue weighted by molar-refractivity contribution is -0.149. The molecule has 0 saturated carbocycles. The lowest BCUT2D eigenvalue weighted by Gasteiger charge is -2.35. The summed E-state index contributed by atoms with van der Waals surface area (Å²) in [5, 5.41) is 12.2. The second-order valence-electron chi connectivity index (χ2n) is 8.44. The molecule has 2 aromatic rings. The predicted octanol–water partition coefficient (Wildman–Crippen LogP) is 2.91. The number of ether oxygens (including phenoxy) is 2. The number of fused-ring (bicyclic) bond motifs is 1. The van der Waals surface area contributed by atoms with Gasteiger partial charge in [-0.3, -0.25) is 14.5 Å². The minimum absolute atomic E-state index is 0.0426. The van der Waals surface area contributed by atoms with Crippen LogP contribution in [0, 0.1) is 5.92 Å². The van der Waals surface area contributed by atoms with Crippen molar-refractivity contribution in [3.63, 3.8) is 0 Å². The Morgan fingerprint density at radius 1 is 1.03 bits per heavy atom. The summed E-state index contributed by atoms with van der Waals surface area (Å²) in [6, 6.07) is 14.3. The number of carboxylic acids is 1. The summed E-state index contributed by atoms with van der Waals surface area (Å²) >= 11 is 0. The van der Waals surface area contributed by atoms with Crippen LogP contribution < -0.4 is 5.32 Å². The van der Waals surface area contributed by atoms with E-state index >= 15 is 0 Å². The van der Waals surface area contributed by atoms with Crippen LogP contribution in [0.1, 0.15) is 37.0 Å². The van der Waals surface area contributed by atoms with Gasteiger partial charge in [0.2, 0.25) is 5.91 Å². The fraction of sp³-hybridized carbons (Fsp3) is 0.385. The van der Waals surface area contributed by atoms with Gasteiger partial charge in [-0.25, -0.2) is 9.59 Å². The maximum Gasteiger partial charge on any atom is 0.411 e. The molecule has 0 radical (unpaired) electrons. The molecule has 0 aliphatic carbocycles. The van der Waals surface area contributed by atoms with E-state index in [4.69, 9.17) is 9.47 Å². The third kappa shape index (κ3) is 6.81. The number of amides is 2. The Balaban J connectivity index is 1.75. The average Bonchev–Trinajstić information content (AvgIpc) is 2.86. The van der Waals surface area contributed by atoms with E-state index in [1.54, 1.807) is 13.8 Å². The van der Waals surface area contributed by atoms with Crippen LogP contribution in [0.5, 0.6) is 0 Å². The number of hydrogen-bond donors (Lipinski definition) is 2. The van der Waals surface area contributed by atoms with Gasteiger partial charge in [0, 0.05) is 6.42 Å². The third-order valence-electron chi connectivity index (χ3n) is 5.88. The fourth-order valence-corrected chi connectivity index (χ4v) is 3.98. The number of aliphatic carboxylic acids is 1. The fourth-order valence-electron chi connectivity index (χ4n) is 3.98. The Bertz CT molecular complexity index is 1060.